The molecule has 2 fully saturated rings. The van der Waals surface area contributed by atoms with E-state index in [0.717, 1.165) is 50.2 Å². The molecule has 0 spiro atoms. The van der Waals surface area contributed by atoms with E-state index in [1.54, 1.807) is 11.8 Å². The third kappa shape index (κ3) is 4.11. The van der Waals surface area contributed by atoms with Crippen LogP contribution in [-0.2, 0) is 9.59 Å². The minimum absolute atomic E-state index is 0.106. The Morgan fingerprint density at radius 1 is 1.08 bits per heavy atom. The Hall–Kier alpha value is -1.53. The predicted molar refractivity (Wildman–Crippen MR) is 95.7 cm³/mol. The van der Waals surface area contributed by atoms with Gasteiger partial charge < -0.3 is 10.6 Å². The second kappa shape index (κ2) is 8.03. The first-order chi connectivity index (χ1) is 11.6. The molecule has 130 valence electrons. The maximum absolute atomic E-state index is 12.4. The topological polar surface area (TPSA) is 66.6 Å². The molecule has 1 atom stereocenters. The second-order valence-corrected chi connectivity index (χ2v) is 7.56. The van der Waals surface area contributed by atoms with Crippen molar-refractivity contribution in [2.45, 2.75) is 42.7 Å². The van der Waals surface area contributed by atoms with Crippen LogP contribution in [0.3, 0.4) is 0 Å². The van der Waals surface area contributed by atoms with E-state index in [1.807, 2.05) is 35.2 Å². The molecular weight excluding hydrogens is 322 g/mol. The van der Waals surface area contributed by atoms with Gasteiger partial charge in [-0.2, -0.15) is 0 Å². The van der Waals surface area contributed by atoms with Crippen LogP contribution in [0.1, 0.15) is 25.7 Å². The van der Waals surface area contributed by atoms with Gasteiger partial charge in [-0.15, -0.1) is 11.8 Å². The first-order valence-electron chi connectivity index (χ1n) is 8.66. The van der Waals surface area contributed by atoms with Crippen LogP contribution < -0.4 is 5.73 Å². The van der Waals surface area contributed by atoms with Gasteiger partial charge in [0.2, 0.25) is 11.8 Å². The number of thioether (sulfide) groups is 1. The van der Waals surface area contributed by atoms with E-state index in [1.165, 1.54) is 0 Å². The summed E-state index contributed by atoms with van der Waals surface area (Å²) in [6.07, 6.45) is 3.79. The summed E-state index contributed by atoms with van der Waals surface area (Å²) in [6.45, 7) is 2.51. The molecule has 0 radical (unpaired) electrons. The Morgan fingerprint density at radius 2 is 1.79 bits per heavy atom. The van der Waals surface area contributed by atoms with E-state index in [2.05, 4.69) is 4.90 Å². The lowest BCUT2D eigenvalue weighted by molar-refractivity contribution is -0.131. The van der Waals surface area contributed by atoms with E-state index >= 15 is 0 Å². The molecule has 1 aromatic carbocycles. The summed E-state index contributed by atoms with van der Waals surface area (Å²) in [6, 6.07) is 10.3. The van der Waals surface area contributed by atoms with Crippen LogP contribution in [0.5, 0.6) is 0 Å². The number of carbonyl (C=O) groups excluding carboxylic acids is 2. The molecule has 2 aliphatic rings. The molecular formula is C18H25N3O2S. The first kappa shape index (κ1) is 17.3. The number of amides is 2. The molecule has 5 nitrogen and oxygen atoms in total. The Balaban J connectivity index is 1.46. The van der Waals surface area contributed by atoms with E-state index in [4.69, 9.17) is 5.73 Å². The molecule has 0 aromatic heterocycles. The lowest BCUT2D eigenvalue weighted by Gasteiger charge is -2.38. The van der Waals surface area contributed by atoms with E-state index in [0.29, 0.717) is 11.8 Å². The normalized spacial score (nSPS) is 22.7. The largest absolute Gasteiger partial charge is 0.368 e. The van der Waals surface area contributed by atoms with Crippen molar-refractivity contribution in [3.63, 3.8) is 0 Å². The van der Waals surface area contributed by atoms with E-state index in [-0.39, 0.29) is 17.9 Å². The Morgan fingerprint density at radius 3 is 2.46 bits per heavy atom. The summed E-state index contributed by atoms with van der Waals surface area (Å²) in [5, 5.41) is 0. The molecule has 1 unspecified atom stereocenters. The molecule has 2 N–H and O–H groups in total. The number of hydrogen-bond acceptors (Lipinski definition) is 4. The number of rotatable bonds is 5. The maximum atomic E-state index is 12.4. The van der Waals surface area contributed by atoms with Crippen molar-refractivity contribution in [2.75, 3.05) is 25.4 Å². The summed E-state index contributed by atoms with van der Waals surface area (Å²) < 4.78 is 0. The van der Waals surface area contributed by atoms with Gasteiger partial charge in [-0.05, 0) is 44.4 Å². The van der Waals surface area contributed by atoms with Crippen molar-refractivity contribution in [3.05, 3.63) is 30.3 Å². The summed E-state index contributed by atoms with van der Waals surface area (Å²) in [7, 11) is 0. The minimum atomic E-state index is -0.203. The quantitative estimate of drug-likeness (QED) is 0.824. The number of nitrogens with two attached hydrogens (primary N) is 1. The van der Waals surface area contributed by atoms with Crippen molar-refractivity contribution < 1.29 is 9.59 Å². The second-order valence-electron chi connectivity index (χ2n) is 6.51. The SMILES string of the molecule is NC(=O)C1CCCN1C1CCN(C(=O)CSc2ccccc2)CC1. The summed E-state index contributed by atoms with van der Waals surface area (Å²) in [5.41, 5.74) is 5.52. The molecule has 24 heavy (non-hydrogen) atoms. The van der Waals surface area contributed by atoms with Crippen molar-refractivity contribution in [1.82, 2.24) is 9.80 Å². The van der Waals surface area contributed by atoms with E-state index < -0.39 is 0 Å². The lowest BCUT2D eigenvalue weighted by atomic mass is 10.0. The monoisotopic (exact) mass is 347 g/mol. The molecule has 1 aromatic rings. The van der Waals surface area contributed by atoms with Gasteiger partial charge in [-0.3, -0.25) is 14.5 Å². The fraction of sp³-hybridized carbons (Fsp3) is 0.556. The zero-order valence-electron chi connectivity index (χ0n) is 13.9. The molecule has 0 bridgehead atoms. The molecule has 6 heteroatoms. The third-order valence-electron chi connectivity index (χ3n) is 5.01. The number of nitrogens with zero attached hydrogens (tertiary/aromatic N) is 2. The van der Waals surface area contributed by atoms with Gasteiger partial charge in [0, 0.05) is 24.0 Å². The highest BCUT2D eigenvalue weighted by Crippen LogP contribution is 2.26. The Labute approximate surface area is 147 Å². The molecule has 2 amide bonds. The van der Waals surface area contributed by atoms with Crippen LogP contribution in [0.4, 0.5) is 0 Å². The van der Waals surface area contributed by atoms with Gasteiger partial charge in [0.05, 0.1) is 11.8 Å². The highest BCUT2D eigenvalue weighted by molar-refractivity contribution is 8.00. The van der Waals surface area contributed by atoms with Crippen LogP contribution in [0.25, 0.3) is 0 Å². The van der Waals surface area contributed by atoms with Gasteiger partial charge >= 0.3 is 0 Å². The highest BCUT2D eigenvalue weighted by Gasteiger charge is 2.36. The summed E-state index contributed by atoms with van der Waals surface area (Å²) in [5.74, 6) is 0.489. The highest BCUT2D eigenvalue weighted by atomic mass is 32.2. The fourth-order valence-corrected chi connectivity index (χ4v) is 4.55. The number of benzene rings is 1. The molecule has 2 saturated heterocycles. The van der Waals surface area contributed by atoms with Crippen LogP contribution in [0.2, 0.25) is 0 Å². The van der Waals surface area contributed by atoms with Gasteiger partial charge in [0.1, 0.15) is 0 Å². The standard InChI is InChI=1S/C18H25N3O2S/c19-18(23)16-7-4-10-21(16)14-8-11-20(12-9-14)17(22)13-24-15-5-2-1-3-6-15/h1-3,5-6,14,16H,4,7-13H2,(H2,19,23). The molecule has 2 heterocycles. The zero-order valence-corrected chi connectivity index (χ0v) is 14.7. The zero-order chi connectivity index (χ0) is 16.9. The number of piperidine rings is 1. The van der Waals surface area contributed by atoms with Crippen LogP contribution in [0.15, 0.2) is 35.2 Å². The Kier molecular flexibility index (Phi) is 5.79. The van der Waals surface area contributed by atoms with Crippen molar-refractivity contribution >= 4 is 23.6 Å². The summed E-state index contributed by atoms with van der Waals surface area (Å²) in [4.78, 5) is 29.3. The van der Waals surface area contributed by atoms with Crippen molar-refractivity contribution in [1.29, 1.82) is 0 Å². The average Bonchev–Trinajstić information content (AvgIpc) is 3.11. The van der Waals surface area contributed by atoms with Crippen molar-refractivity contribution in [3.8, 4) is 0 Å². The van der Waals surface area contributed by atoms with Gasteiger partial charge in [-0.1, -0.05) is 18.2 Å². The van der Waals surface area contributed by atoms with Gasteiger partial charge in [-0.25, -0.2) is 0 Å². The number of likely N-dealkylation sites (tertiary alicyclic amines) is 2. The van der Waals surface area contributed by atoms with E-state index in [9.17, 15) is 9.59 Å². The predicted octanol–water partition coefficient (Wildman–Crippen LogP) is 1.72. The molecule has 2 aliphatic heterocycles. The molecule has 3 rings (SSSR count). The lowest BCUT2D eigenvalue weighted by Crippen LogP contribution is -2.51. The third-order valence-corrected chi connectivity index (χ3v) is 6.01. The number of primary amides is 1. The van der Waals surface area contributed by atoms with Crippen LogP contribution in [0, 0.1) is 0 Å². The maximum Gasteiger partial charge on any atom is 0.234 e. The minimum Gasteiger partial charge on any atom is -0.368 e. The number of hydrogen-bond donors (Lipinski definition) is 1. The van der Waals surface area contributed by atoms with Crippen LogP contribution >= 0.6 is 11.8 Å². The van der Waals surface area contributed by atoms with Crippen molar-refractivity contribution in [2.24, 2.45) is 5.73 Å². The smallest absolute Gasteiger partial charge is 0.234 e. The number of carbonyl (C=O) groups is 2. The average molecular weight is 347 g/mol. The molecule has 0 aliphatic carbocycles. The first-order valence-corrected chi connectivity index (χ1v) is 9.64. The molecule has 0 saturated carbocycles. The Bertz CT molecular complexity index is 573. The fourth-order valence-electron chi connectivity index (χ4n) is 3.73. The van der Waals surface area contributed by atoms with Crippen LogP contribution in [-0.4, -0.2) is 59.1 Å². The van der Waals surface area contributed by atoms with Gasteiger partial charge in [0.25, 0.3) is 0 Å². The summed E-state index contributed by atoms with van der Waals surface area (Å²) >= 11 is 1.59. The van der Waals surface area contributed by atoms with Gasteiger partial charge in [0.15, 0.2) is 0 Å².